The van der Waals surface area contributed by atoms with Gasteiger partial charge in [0.15, 0.2) is 0 Å². The average Bonchev–Trinajstić information content (AvgIpc) is 3.06. The summed E-state index contributed by atoms with van der Waals surface area (Å²) in [5.41, 5.74) is 5.50. The van der Waals surface area contributed by atoms with Gasteiger partial charge < -0.3 is 46.2 Å². The molecule has 0 aromatic rings. The van der Waals surface area contributed by atoms with Crippen molar-refractivity contribution in [2.24, 2.45) is 5.73 Å². The first-order valence-corrected chi connectivity index (χ1v) is 18.3. The second kappa shape index (κ2) is 33.4. The van der Waals surface area contributed by atoms with Gasteiger partial charge in [0.05, 0.1) is 25.9 Å². The van der Waals surface area contributed by atoms with Gasteiger partial charge in [-0.25, -0.2) is 4.79 Å². The lowest BCUT2D eigenvalue weighted by Crippen LogP contribution is -2.41. The van der Waals surface area contributed by atoms with Crippen molar-refractivity contribution in [3.8, 4) is 0 Å². The molecule has 0 spiro atoms. The number of amides is 3. The summed E-state index contributed by atoms with van der Waals surface area (Å²) in [5, 5.41) is 26.0. The molecule has 0 heterocycles. The minimum absolute atomic E-state index is 0.0112. The van der Waals surface area contributed by atoms with Gasteiger partial charge in [0.2, 0.25) is 17.7 Å². The second-order valence-corrected chi connectivity index (χ2v) is 12.5. The summed E-state index contributed by atoms with van der Waals surface area (Å²) < 4.78 is 10.6. The number of nitrogens with two attached hydrogens (primary N) is 1. The molecule has 7 N–H and O–H groups in total. The van der Waals surface area contributed by atoms with Crippen LogP contribution in [0.4, 0.5) is 0 Å². The van der Waals surface area contributed by atoms with Crippen LogP contribution in [-0.2, 0) is 38.2 Å². The Morgan fingerprint density at radius 3 is 1.65 bits per heavy atom. The molecule has 0 aliphatic rings. The molecule has 49 heavy (non-hydrogen) atoms. The molecule has 0 fully saturated rings. The molecule has 2 atom stereocenters. The first-order valence-electron chi connectivity index (χ1n) is 18.3. The van der Waals surface area contributed by atoms with Crippen LogP contribution >= 0.6 is 0 Å². The SMILES string of the molecule is NC(C=O)CCCCNC(=O)COCCOCCNC(=O)CC[C@H](NC(=O)CCCCCCCCCCCCCCCCC(=O)O)C(=O)O. The van der Waals surface area contributed by atoms with Crippen molar-refractivity contribution >= 4 is 35.9 Å². The van der Waals surface area contributed by atoms with Gasteiger partial charge in [-0.15, -0.1) is 0 Å². The number of carbonyl (C=O) groups excluding carboxylic acids is 4. The number of carboxylic acids is 2. The van der Waals surface area contributed by atoms with E-state index in [0.29, 0.717) is 25.7 Å². The van der Waals surface area contributed by atoms with Crippen LogP contribution in [0.25, 0.3) is 0 Å². The molecular formula is C35H64N4O10. The third-order valence-electron chi connectivity index (χ3n) is 7.97. The number of carbonyl (C=O) groups is 6. The first-order chi connectivity index (χ1) is 23.6. The lowest BCUT2D eigenvalue weighted by Gasteiger charge is -2.14. The van der Waals surface area contributed by atoms with E-state index in [4.69, 9.17) is 20.3 Å². The van der Waals surface area contributed by atoms with Crippen LogP contribution in [0, 0.1) is 0 Å². The van der Waals surface area contributed by atoms with Crippen LogP contribution in [0.2, 0.25) is 0 Å². The van der Waals surface area contributed by atoms with Gasteiger partial charge in [-0.05, 0) is 38.5 Å². The molecule has 0 saturated carbocycles. The van der Waals surface area contributed by atoms with Gasteiger partial charge in [0.25, 0.3) is 0 Å². The molecule has 0 rings (SSSR count). The number of unbranched alkanes of at least 4 members (excludes halogenated alkanes) is 14. The van der Waals surface area contributed by atoms with Crippen molar-refractivity contribution in [2.75, 3.05) is 39.5 Å². The number of rotatable bonds is 36. The molecular weight excluding hydrogens is 636 g/mol. The summed E-state index contributed by atoms with van der Waals surface area (Å²) in [6.07, 6.45) is 18.4. The molecule has 0 aromatic heterocycles. The minimum Gasteiger partial charge on any atom is -0.481 e. The molecule has 0 saturated heterocycles. The Hall–Kier alpha value is -3.10. The van der Waals surface area contributed by atoms with Gasteiger partial charge in [-0.1, -0.05) is 77.0 Å². The van der Waals surface area contributed by atoms with E-state index in [9.17, 15) is 33.9 Å². The highest BCUT2D eigenvalue weighted by Gasteiger charge is 2.20. The standard InChI is InChI=1S/C35H64N4O10/c36-29(27-40)17-15-16-22-37-33(43)28-49-26-25-48-24-23-38-31(41)21-20-30(35(46)47)39-32(42)18-13-11-9-7-5-3-1-2-4-6-8-10-12-14-19-34(44)45/h27,29-30H,1-26,28,36H2,(H,37,43)(H,38,41)(H,39,42)(H,44,45)(H,46,47)/t29?,30-/m0/s1. The Morgan fingerprint density at radius 1 is 0.571 bits per heavy atom. The van der Waals surface area contributed by atoms with Crippen molar-refractivity contribution in [3.63, 3.8) is 0 Å². The van der Waals surface area contributed by atoms with Crippen molar-refractivity contribution in [1.82, 2.24) is 16.0 Å². The second-order valence-electron chi connectivity index (χ2n) is 12.5. The van der Waals surface area contributed by atoms with Crippen LogP contribution < -0.4 is 21.7 Å². The smallest absolute Gasteiger partial charge is 0.326 e. The lowest BCUT2D eigenvalue weighted by atomic mass is 10.0. The van der Waals surface area contributed by atoms with Crippen LogP contribution in [-0.4, -0.2) is 97.8 Å². The van der Waals surface area contributed by atoms with E-state index in [2.05, 4.69) is 16.0 Å². The van der Waals surface area contributed by atoms with Crippen LogP contribution in [0.1, 0.15) is 135 Å². The summed E-state index contributed by atoms with van der Waals surface area (Å²) >= 11 is 0. The molecule has 0 bridgehead atoms. The number of aliphatic carboxylic acids is 2. The Kier molecular flexibility index (Phi) is 31.3. The normalized spacial score (nSPS) is 12.2. The largest absolute Gasteiger partial charge is 0.481 e. The van der Waals surface area contributed by atoms with Crippen LogP contribution in [0.5, 0.6) is 0 Å². The monoisotopic (exact) mass is 700 g/mol. The highest BCUT2D eigenvalue weighted by Crippen LogP contribution is 2.14. The fraction of sp³-hybridized carbons (Fsp3) is 0.829. The Balaban J connectivity index is 3.68. The maximum Gasteiger partial charge on any atom is 0.326 e. The number of carboxylic acid groups (broad SMARTS) is 2. The predicted octanol–water partition coefficient (Wildman–Crippen LogP) is 3.62. The van der Waals surface area contributed by atoms with Crippen molar-refractivity contribution < 1.29 is 48.5 Å². The summed E-state index contributed by atoms with van der Waals surface area (Å²) in [6.45, 7) is 1.29. The molecule has 0 radical (unpaired) electrons. The van der Waals surface area contributed by atoms with E-state index in [1.54, 1.807) is 0 Å². The fourth-order valence-corrected chi connectivity index (χ4v) is 5.07. The third kappa shape index (κ3) is 33.2. The molecule has 14 nitrogen and oxygen atoms in total. The van der Waals surface area contributed by atoms with E-state index < -0.39 is 24.0 Å². The summed E-state index contributed by atoms with van der Waals surface area (Å²) in [4.78, 5) is 68.6. The zero-order chi connectivity index (χ0) is 36.4. The topological polar surface area (TPSA) is 223 Å². The van der Waals surface area contributed by atoms with Crippen LogP contribution in [0.15, 0.2) is 0 Å². The molecule has 0 aliphatic carbocycles. The maximum atomic E-state index is 12.3. The van der Waals surface area contributed by atoms with Gasteiger partial charge >= 0.3 is 11.9 Å². The minimum atomic E-state index is -1.17. The first kappa shape index (κ1) is 45.9. The molecule has 0 aliphatic heterocycles. The molecule has 3 amide bonds. The zero-order valence-corrected chi connectivity index (χ0v) is 29.6. The Morgan fingerprint density at radius 2 is 1.10 bits per heavy atom. The highest BCUT2D eigenvalue weighted by atomic mass is 16.5. The zero-order valence-electron chi connectivity index (χ0n) is 29.6. The summed E-state index contributed by atoms with van der Waals surface area (Å²) in [5.74, 6) is -2.79. The van der Waals surface area contributed by atoms with E-state index in [1.807, 2.05) is 0 Å². The number of hydrogen-bond donors (Lipinski definition) is 6. The summed E-state index contributed by atoms with van der Waals surface area (Å²) in [6, 6.07) is -1.58. The van der Waals surface area contributed by atoms with Crippen LogP contribution in [0.3, 0.4) is 0 Å². The van der Waals surface area contributed by atoms with Crippen molar-refractivity contribution in [1.29, 1.82) is 0 Å². The molecule has 1 unspecified atom stereocenters. The van der Waals surface area contributed by atoms with Crippen molar-refractivity contribution in [3.05, 3.63) is 0 Å². The summed E-state index contributed by atoms with van der Waals surface area (Å²) in [7, 11) is 0. The predicted molar refractivity (Wildman–Crippen MR) is 186 cm³/mol. The van der Waals surface area contributed by atoms with E-state index in [1.165, 1.54) is 44.9 Å². The lowest BCUT2D eigenvalue weighted by molar-refractivity contribution is -0.142. The number of hydrogen-bond acceptors (Lipinski definition) is 9. The third-order valence-corrected chi connectivity index (χ3v) is 7.97. The number of ether oxygens (including phenoxy) is 2. The Labute approximate surface area is 292 Å². The molecule has 284 valence electrons. The van der Waals surface area contributed by atoms with E-state index in [-0.39, 0.29) is 76.4 Å². The number of aldehydes is 1. The maximum absolute atomic E-state index is 12.3. The van der Waals surface area contributed by atoms with Gasteiger partial charge in [-0.3, -0.25) is 19.2 Å². The van der Waals surface area contributed by atoms with E-state index in [0.717, 1.165) is 51.4 Å². The molecule has 14 heteroatoms. The quantitative estimate of drug-likeness (QED) is 0.0409. The Bertz CT molecular complexity index is 906. The average molecular weight is 701 g/mol. The van der Waals surface area contributed by atoms with Gasteiger partial charge in [0, 0.05) is 32.4 Å². The van der Waals surface area contributed by atoms with E-state index >= 15 is 0 Å². The number of nitrogens with one attached hydrogen (secondary N) is 3. The highest BCUT2D eigenvalue weighted by molar-refractivity contribution is 5.84. The van der Waals surface area contributed by atoms with Gasteiger partial charge in [0.1, 0.15) is 18.9 Å². The van der Waals surface area contributed by atoms with Crippen molar-refractivity contribution in [2.45, 2.75) is 147 Å². The van der Waals surface area contributed by atoms with Gasteiger partial charge in [-0.2, -0.15) is 0 Å². The molecule has 0 aromatic carbocycles. The fourth-order valence-electron chi connectivity index (χ4n) is 5.07.